The van der Waals surface area contributed by atoms with E-state index in [1.165, 1.54) is 26.0 Å². The lowest BCUT2D eigenvalue weighted by molar-refractivity contribution is -0.130. The molecule has 1 aliphatic heterocycles. The summed E-state index contributed by atoms with van der Waals surface area (Å²) in [5, 5.41) is 3.15. The SMILES string of the molecule is C=C/C=C(\C)S(=O)(=O)Nc1ccc(-c2ccnc(Nc3ccc(C(=O)N4CCN(C(C)=O)CC4)cc3)n2)cc1. The van der Waals surface area contributed by atoms with Gasteiger partial charge in [-0.2, -0.15) is 0 Å². The van der Waals surface area contributed by atoms with Gasteiger partial charge >= 0.3 is 0 Å². The summed E-state index contributed by atoms with van der Waals surface area (Å²) in [4.78, 5) is 36.9. The minimum atomic E-state index is -3.65. The van der Waals surface area contributed by atoms with Gasteiger partial charge in [0.05, 0.1) is 10.6 Å². The van der Waals surface area contributed by atoms with E-state index >= 15 is 0 Å². The zero-order valence-corrected chi connectivity index (χ0v) is 22.6. The second kappa shape index (κ2) is 11.9. The number of sulfonamides is 1. The van der Waals surface area contributed by atoms with Crippen LogP contribution in [0.15, 0.2) is 84.4 Å². The van der Waals surface area contributed by atoms with Crippen LogP contribution in [0.4, 0.5) is 17.3 Å². The van der Waals surface area contributed by atoms with E-state index in [0.717, 1.165) is 11.3 Å². The van der Waals surface area contributed by atoms with Gasteiger partial charge < -0.3 is 15.1 Å². The topological polar surface area (TPSA) is 125 Å². The zero-order valence-electron chi connectivity index (χ0n) is 21.8. The number of allylic oxidation sites excluding steroid dienone is 3. The minimum Gasteiger partial charge on any atom is -0.339 e. The molecule has 0 spiro atoms. The van der Waals surface area contributed by atoms with Crippen LogP contribution in [0.3, 0.4) is 0 Å². The van der Waals surface area contributed by atoms with E-state index in [1.807, 2.05) is 0 Å². The highest BCUT2D eigenvalue weighted by molar-refractivity contribution is 7.96. The molecule has 39 heavy (non-hydrogen) atoms. The van der Waals surface area contributed by atoms with Crippen LogP contribution < -0.4 is 10.0 Å². The Hall–Kier alpha value is -4.51. The van der Waals surface area contributed by atoms with E-state index in [1.54, 1.807) is 70.6 Å². The molecule has 1 aromatic heterocycles. The monoisotopic (exact) mass is 546 g/mol. The van der Waals surface area contributed by atoms with E-state index in [0.29, 0.717) is 49.1 Å². The summed E-state index contributed by atoms with van der Waals surface area (Å²) in [7, 11) is -3.65. The maximum absolute atomic E-state index is 12.8. The Balaban J connectivity index is 1.39. The number of hydrogen-bond acceptors (Lipinski definition) is 7. The van der Waals surface area contributed by atoms with Crippen LogP contribution in [-0.4, -0.2) is 66.2 Å². The Labute approximate surface area is 228 Å². The van der Waals surface area contributed by atoms with Crippen LogP contribution in [-0.2, 0) is 14.8 Å². The van der Waals surface area contributed by atoms with Gasteiger partial charge in [0.15, 0.2) is 0 Å². The summed E-state index contributed by atoms with van der Waals surface area (Å²) >= 11 is 0. The molecule has 3 aromatic rings. The predicted molar refractivity (Wildman–Crippen MR) is 152 cm³/mol. The first-order valence-electron chi connectivity index (χ1n) is 12.3. The Kier molecular flexibility index (Phi) is 8.40. The van der Waals surface area contributed by atoms with Crippen molar-refractivity contribution in [3.63, 3.8) is 0 Å². The summed E-state index contributed by atoms with van der Waals surface area (Å²) in [5.41, 5.74) is 3.15. The first-order valence-corrected chi connectivity index (χ1v) is 13.8. The summed E-state index contributed by atoms with van der Waals surface area (Å²) in [5.74, 6) is 0.332. The van der Waals surface area contributed by atoms with Crippen molar-refractivity contribution < 1.29 is 18.0 Å². The molecule has 2 aromatic carbocycles. The minimum absolute atomic E-state index is 0.0240. The van der Waals surface area contributed by atoms with Crippen molar-refractivity contribution in [2.24, 2.45) is 0 Å². The second-order valence-corrected chi connectivity index (χ2v) is 10.8. The first-order chi connectivity index (χ1) is 18.7. The standard InChI is InChI=1S/C28H30N6O4S/c1-4-5-20(2)39(37,38)32-25-12-6-22(7-13-25)26-14-15-29-28(31-26)30-24-10-8-23(9-11-24)27(36)34-18-16-33(17-19-34)21(3)35/h4-15,32H,1,16-19H2,2-3H3,(H,29,30,31)/b20-5+. The Bertz CT molecular complexity index is 1490. The van der Waals surface area contributed by atoms with Gasteiger partial charge in [0.2, 0.25) is 11.9 Å². The highest BCUT2D eigenvalue weighted by Gasteiger charge is 2.23. The molecule has 4 rings (SSSR count). The molecule has 0 aliphatic carbocycles. The van der Waals surface area contributed by atoms with E-state index in [2.05, 4.69) is 26.6 Å². The number of nitrogens with one attached hydrogen (secondary N) is 2. The van der Waals surface area contributed by atoms with Gasteiger partial charge in [0.1, 0.15) is 0 Å². The fourth-order valence-electron chi connectivity index (χ4n) is 4.01. The number of piperazine rings is 1. The number of benzene rings is 2. The van der Waals surface area contributed by atoms with Crippen LogP contribution in [0, 0.1) is 0 Å². The largest absolute Gasteiger partial charge is 0.339 e. The van der Waals surface area contributed by atoms with Crippen molar-refractivity contribution >= 4 is 39.2 Å². The lowest BCUT2D eigenvalue weighted by Gasteiger charge is -2.34. The zero-order chi connectivity index (χ0) is 28.0. The van der Waals surface area contributed by atoms with Crippen LogP contribution in [0.2, 0.25) is 0 Å². The number of carbonyl (C=O) groups is 2. The van der Waals surface area contributed by atoms with Crippen LogP contribution >= 0.6 is 0 Å². The molecule has 1 fully saturated rings. The van der Waals surface area contributed by atoms with Gasteiger partial charge in [-0.25, -0.2) is 18.4 Å². The number of rotatable bonds is 8. The molecular weight excluding hydrogens is 516 g/mol. The van der Waals surface area contributed by atoms with Crippen molar-refractivity contribution in [1.82, 2.24) is 19.8 Å². The quantitative estimate of drug-likeness (QED) is 0.409. The van der Waals surface area contributed by atoms with E-state index in [9.17, 15) is 18.0 Å². The second-order valence-electron chi connectivity index (χ2n) is 8.96. The number of carbonyl (C=O) groups excluding carboxylic acids is 2. The van der Waals surface area contributed by atoms with Gasteiger partial charge in [-0.3, -0.25) is 14.3 Å². The Morgan fingerprint density at radius 2 is 1.51 bits per heavy atom. The molecule has 1 saturated heterocycles. The van der Waals surface area contributed by atoms with Gasteiger partial charge in [-0.1, -0.05) is 24.8 Å². The van der Waals surface area contributed by atoms with Crippen LogP contribution in [0.1, 0.15) is 24.2 Å². The van der Waals surface area contributed by atoms with Crippen molar-refractivity contribution in [3.8, 4) is 11.3 Å². The van der Waals surface area contributed by atoms with Crippen LogP contribution in [0.5, 0.6) is 0 Å². The summed E-state index contributed by atoms with van der Waals surface area (Å²) in [6.07, 6.45) is 4.48. The molecule has 202 valence electrons. The Morgan fingerprint density at radius 3 is 2.13 bits per heavy atom. The maximum Gasteiger partial charge on any atom is 0.257 e. The number of anilines is 3. The number of hydrogen-bond donors (Lipinski definition) is 2. The molecule has 0 radical (unpaired) electrons. The van der Waals surface area contributed by atoms with Gasteiger partial charge in [0.25, 0.3) is 15.9 Å². The third-order valence-electron chi connectivity index (χ3n) is 6.27. The van der Waals surface area contributed by atoms with E-state index in [4.69, 9.17) is 0 Å². The van der Waals surface area contributed by atoms with Gasteiger partial charge in [0, 0.05) is 61.8 Å². The molecule has 1 aliphatic rings. The third kappa shape index (κ3) is 6.88. The van der Waals surface area contributed by atoms with Crippen molar-refractivity contribution in [3.05, 3.63) is 90.0 Å². The van der Waals surface area contributed by atoms with Gasteiger partial charge in [-0.15, -0.1) is 0 Å². The molecule has 0 atom stereocenters. The average Bonchev–Trinajstić information content (AvgIpc) is 2.93. The predicted octanol–water partition coefficient (Wildman–Crippen LogP) is 4.02. The Morgan fingerprint density at radius 1 is 0.897 bits per heavy atom. The highest BCUT2D eigenvalue weighted by Crippen LogP contribution is 2.23. The average molecular weight is 547 g/mol. The summed E-state index contributed by atoms with van der Waals surface area (Å²) < 4.78 is 27.2. The highest BCUT2D eigenvalue weighted by atomic mass is 32.2. The summed E-state index contributed by atoms with van der Waals surface area (Å²) in [6.45, 7) is 8.67. The number of aromatic nitrogens is 2. The summed E-state index contributed by atoms with van der Waals surface area (Å²) in [6, 6.07) is 15.7. The molecule has 10 nitrogen and oxygen atoms in total. The lowest BCUT2D eigenvalue weighted by atomic mass is 10.1. The fraction of sp³-hybridized carbons (Fsp3) is 0.214. The lowest BCUT2D eigenvalue weighted by Crippen LogP contribution is -2.50. The maximum atomic E-state index is 12.8. The molecule has 11 heteroatoms. The van der Waals surface area contributed by atoms with E-state index in [-0.39, 0.29) is 16.7 Å². The first kappa shape index (κ1) is 27.5. The molecule has 0 bridgehead atoms. The van der Waals surface area contributed by atoms with E-state index < -0.39 is 10.0 Å². The fourth-order valence-corrected chi connectivity index (χ4v) is 4.89. The van der Waals surface area contributed by atoms with Crippen LogP contribution in [0.25, 0.3) is 11.3 Å². The smallest absolute Gasteiger partial charge is 0.257 e. The molecular formula is C28H30N6O4S. The molecule has 0 saturated carbocycles. The molecule has 2 heterocycles. The van der Waals surface area contributed by atoms with Crippen molar-refractivity contribution in [1.29, 1.82) is 0 Å². The number of amides is 2. The third-order valence-corrected chi connectivity index (χ3v) is 7.75. The van der Waals surface area contributed by atoms with Crippen molar-refractivity contribution in [2.45, 2.75) is 13.8 Å². The van der Waals surface area contributed by atoms with Crippen molar-refractivity contribution in [2.75, 3.05) is 36.2 Å². The number of nitrogens with zero attached hydrogens (tertiary/aromatic N) is 4. The molecule has 2 N–H and O–H groups in total. The molecule has 0 unspecified atom stereocenters. The normalized spacial score (nSPS) is 14.1. The van der Waals surface area contributed by atoms with Gasteiger partial charge in [-0.05, 0) is 55.5 Å². The molecule has 2 amide bonds.